The maximum absolute atomic E-state index is 13.1. The topological polar surface area (TPSA) is 74.9 Å². The van der Waals surface area contributed by atoms with Gasteiger partial charge in [0.05, 0.1) is 24.5 Å². The lowest BCUT2D eigenvalue weighted by Crippen LogP contribution is -2.49. The summed E-state index contributed by atoms with van der Waals surface area (Å²) in [6.45, 7) is 10.9. The van der Waals surface area contributed by atoms with Gasteiger partial charge in [0.15, 0.2) is 0 Å². The van der Waals surface area contributed by atoms with Crippen molar-refractivity contribution >= 4 is 17.6 Å². The number of anilines is 1. The normalized spacial score (nSPS) is 14.1. The zero-order valence-electron chi connectivity index (χ0n) is 17.6. The van der Waals surface area contributed by atoms with Crippen LogP contribution in [0.3, 0.4) is 0 Å². The van der Waals surface area contributed by atoms with E-state index in [1.54, 1.807) is 20.8 Å². The minimum Gasteiger partial charge on any atom is -0.492 e. The molecule has 1 saturated heterocycles. The molecule has 0 saturated carbocycles. The number of carbonyl (C=O) groups excluding carboxylic acids is 2. The van der Waals surface area contributed by atoms with Crippen molar-refractivity contribution in [3.63, 3.8) is 0 Å². The van der Waals surface area contributed by atoms with Gasteiger partial charge >= 0.3 is 5.97 Å². The third-order valence-electron chi connectivity index (χ3n) is 5.20. The van der Waals surface area contributed by atoms with Gasteiger partial charge in [-0.1, -0.05) is 12.1 Å². The van der Waals surface area contributed by atoms with E-state index in [0.29, 0.717) is 48.8 Å². The van der Waals surface area contributed by atoms with Crippen molar-refractivity contribution in [2.24, 2.45) is 0 Å². The summed E-state index contributed by atoms with van der Waals surface area (Å²) in [6, 6.07) is 7.98. The average Bonchev–Trinajstić information content (AvgIpc) is 3.02. The molecule has 0 spiro atoms. The maximum atomic E-state index is 13.1. The summed E-state index contributed by atoms with van der Waals surface area (Å²) in [7, 11) is 0. The molecule has 0 bridgehead atoms. The first-order valence-corrected chi connectivity index (χ1v) is 10.1. The molecule has 1 amide bonds. The first-order valence-electron chi connectivity index (χ1n) is 10.1. The molecule has 0 radical (unpaired) electrons. The van der Waals surface area contributed by atoms with Crippen molar-refractivity contribution in [2.75, 3.05) is 44.3 Å². The zero-order chi connectivity index (χ0) is 21.0. The summed E-state index contributed by atoms with van der Waals surface area (Å²) >= 11 is 0. The summed E-state index contributed by atoms with van der Waals surface area (Å²) in [4.78, 5) is 32.4. The molecule has 1 aliphatic rings. The molecule has 0 atom stereocenters. The molecule has 1 aromatic heterocycles. The van der Waals surface area contributed by atoms with Gasteiger partial charge in [-0.15, -0.1) is 0 Å². The Balaban J connectivity index is 1.71. The number of carbonyl (C=O) groups is 2. The van der Waals surface area contributed by atoms with E-state index in [1.807, 2.05) is 36.1 Å². The van der Waals surface area contributed by atoms with Crippen LogP contribution in [0.2, 0.25) is 0 Å². The molecule has 1 aliphatic heterocycles. The highest BCUT2D eigenvalue weighted by Crippen LogP contribution is 2.29. The fourth-order valence-corrected chi connectivity index (χ4v) is 3.78. The lowest BCUT2D eigenvalue weighted by Gasteiger charge is -2.36. The molecule has 0 aliphatic carbocycles. The van der Waals surface area contributed by atoms with Crippen LogP contribution in [-0.4, -0.2) is 61.2 Å². The van der Waals surface area contributed by atoms with Crippen molar-refractivity contribution < 1.29 is 19.1 Å². The third kappa shape index (κ3) is 4.23. The summed E-state index contributed by atoms with van der Waals surface area (Å²) in [6.07, 6.45) is 0. The Morgan fingerprint density at radius 2 is 1.72 bits per heavy atom. The van der Waals surface area contributed by atoms with Gasteiger partial charge in [-0.05, 0) is 45.4 Å². The number of nitrogens with one attached hydrogen (secondary N) is 1. The highest BCUT2D eigenvalue weighted by atomic mass is 16.5. The SMILES string of the molecule is CCOC(=O)c1c(C)[nH]c(C(=O)N2CCN(c3ccccc3OCC)CC2)c1C. The van der Waals surface area contributed by atoms with Gasteiger partial charge in [0.1, 0.15) is 11.4 Å². The van der Waals surface area contributed by atoms with Crippen LogP contribution in [0.1, 0.15) is 46.0 Å². The number of esters is 1. The number of aryl methyl sites for hydroxylation is 1. The molecule has 156 valence electrons. The van der Waals surface area contributed by atoms with Gasteiger partial charge in [0.25, 0.3) is 5.91 Å². The quantitative estimate of drug-likeness (QED) is 0.755. The average molecular weight is 399 g/mol. The molecule has 2 heterocycles. The number of ether oxygens (including phenoxy) is 2. The number of rotatable bonds is 6. The van der Waals surface area contributed by atoms with Crippen molar-refractivity contribution in [3.05, 3.63) is 46.8 Å². The second-order valence-corrected chi connectivity index (χ2v) is 7.03. The predicted octanol–water partition coefficient (Wildman–Crippen LogP) is 3.17. The van der Waals surface area contributed by atoms with Crippen LogP contribution >= 0.6 is 0 Å². The van der Waals surface area contributed by atoms with Crippen molar-refractivity contribution in [2.45, 2.75) is 27.7 Å². The summed E-state index contributed by atoms with van der Waals surface area (Å²) in [5.74, 6) is 0.388. The minimum atomic E-state index is -0.393. The largest absolute Gasteiger partial charge is 0.492 e. The van der Waals surface area contributed by atoms with Crippen LogP contribution in [0.15, 0.2) is 24.3 Å². The summed E-state index contributed by atoms with van der Waals surface area (Å²) in [5, 5.41) is 0. The smallest absolute Gasteiger partial charge is 0.340 e. The number of nitrogens with zero attached hydrogens (tertiary/aromatic N) is 2. The molecule has 29 heavy (non-hydrogen) atoms. The van der Waals surface area contributed by atoms with Crippen molar-refractivity contribution in [1.82, 2.24) is 9.88 Å². The number of piperazine rings is 1. The fourth-order valence-electron chi connectivity index (χ4n) is 3.78. The van der Waals surface area contributed by atoms with Gasteiger partial charge in [0, 0.05) is 31.9 Å². The third-order valence-corrected chi connectivity index (χ3v) is 5.20. The van der Waals surface area contributed by atoms with E-state index in [0.717, 1.165) is 24.5 Å². The van der Waals surface area contributed by atoms with E-state index in [4.69, 9.17) is 9.47 Å². The highest BCUT2D eigenvalue weighted by Gasteiger charge is 2.28. The Labute approximate surface area is 171 Å². The van der Waals surface area contributed by atoms with Gasteiger partial charge in [-0.3, -0.25) is 4.79 Å². The lowest BCUT2D eigenvalue weighted by molar-refractivity contribution is 0.0525. The molecule has 1 aromatic carbocycles. The molecule has 7 heteroatoms. The van der Waals surface area contributed by atoms with E-state index in [2.05, 4.69) is 9.88 Å². The number of H-pyrrole nitrogens is 1. The minimum absolute atomic E-state index is 0.0844. The number of hydrogen-bond acceptors (Lipinski definition) is 5. The molecule has 2 aromatic rings. The number of benzene rings is 1. The standard InChI is InChI=1S/C22H29N3O4/c1-5-28-18-10-8-7-9-17(18)24-11-13-25(14-12-24)21(26)20-15(3)19(16(4)23-20)22(27)29-6-2/h7-10,23H,5-6,11-14H2,1-4H3. The van der Waals surface area contributed by atoms with Gasteiger partial charge in [-0.2, -0.15) is 0 Å². The van der Waals surface area contributed by atoms with E-state index >= 15 is 0 Å². The van der Waals surface area contributed by atoms with Gasteiger partial charge in [0.2, 0.25) is 0 Å². The number of para-hydroxylation sites is 2. The number of aromatic nitrogens is 1. The fraction of sp³-hybridized carbons (Fsp3) is 0.455. The van der Waals surface area contributed by atoms with E-state index in [1.165, 1.54) is 0 Å². The Kier molecular flexibility index (Phi) is 6.46. The summed E-state index contributed by atoms with van der Waals surface area (Å²) in [5.41, 5.74) is 3.29. The van der Waals surface area contributed by atoms with Crippen LogP contribution < -0.4 is 9.64 Å². The van der Waals surface area contributed by atoms with Crippen LogP contribution in [0.25, 0.3) is 0 Å². The predicted molar refractivity (Wildman–Crippen MR) is 112 cm³/mol. The number of hydrogen-bond donors (Lipinski definition) is 1. The van der Waals surface area contributed by atoms with E-state index < -0.39 is 5.97 Å². The molecular weight excluding hydrogens is 370 g/mol. The second kappa shape index (κ2) is 9.03. The Bertz CT molecular complexity index is 882. The number of aromatic amines is 1. The van der Waals surface area contributed by atoms with Crippen LogP contribution in [0, 0.1) is 13.8 Å². The monoisotopic (exact) mass is 399 g/mol. The van der Waals surface area contributed by atoms with E-state index in [9.17, 15) is 9.59 Å². The van der Waals surface area contributed by atoms with Crippen molar-refractivity contribution in [3.8, 4) is 5.75 Å². The van der Waals surface area contributed by atoms with Crippen LogP contribution in [0.4, 0.5) is 5.69 Å². The Hall–Kier alpha value is -2.96. The van der Waals surface area contributed by atoms with Gasteiger partial charge in [-0.25, -0.2) is 4.79 Å². The molecule has 3 rings (SSSR count). The number of amides is 1. The van der Waals surface area contributed by atoms with E-state index in [-0.39, 0.29) is 5.91 Å². The highest BCUT2D eigenvalue weighted by molar-refractivity contribution is 6.00. The Morgan fingerprint density at radius 1 is 1.03 bits per heavy atom. The second-order valence-electron chi connectivity index (χ2n) is 7.03. The molecule has 1 fully saturated rings. The maximum Gasteiger partial charge on any atom is 0.340 e. The zero-order valence-corrected chi connectivity index (χ0v) is 17.6. The first kappa shape index (κ1) is 20.8. The molecular formula is C22H29N3O4. The summed E-state index contributed by atoms with van der Waals surface area (Å²) < 4.78 is 10.9. The van der Waals surface area contributed by atoms with Crippen molar-refractivity contribution in [1.29, 1.82) is 0 Å². The van der Waals surface area contributed by atoms with Gasteiger partial charge < -0.3 is 24.3 Å². The lowest BCUT2D eigenvalue weighted by atomic mass is 10.1. The Morgan fingerprint density at radius 3 is 2.38 bits per heavy atom. The van der Waals surface area contributed by atoms with Crippen LogP contribution in [-0.2, 0) is 4.74 Å². The first-order chi connectivity index (χ1) is 14.0. The molecule has 7 nitrogen and oxygen atoms in total. The molecule has 0 unspecified atom stereocenters. The molecule has 1 N–H and O–H groups in total. The van der Waals surface area contributed by atoms with Crippen LogP contribution in [0.5, 0.6) is 5.75 Å².